The second kappa shape index (κ2) is 14.8. The van der Waals surface area contributed by atoms with Gasteiger partial charge in [-0.3, -0.25) is 0 Å². The molecule has 11 aromatic carbocycles. The van der Waals surface area contributed by atoms with Gasteiger partial charge in [-0.05, 0) is 103 Å². The van der Waals surface area contributed by atoms with Crippen molar-refractivity contribution in [1.82, 2.24) is 0 Å². The van der Waals surface area contributed by atoms with Crippen LogP contribution in [0, 0.1) is 0 Å². The Hall–Kier alpha value is -8.46. The zero-order valence-electron chi connectivity index (χ0n) is 35.5. The first kappa shape index (κ1) is 37.1. The smallest absolute Gasteiger partial charge is 0.140 e. The minimum Gasteiger partial charge on any atom is -0.455 e. The molecule has 0 bridgehead atoms. The van der Waals surface area contributed by atoms with Crippen molar-refractivity contribution in [3.05, 3.63) is 271 Å². The summed E-state index contributed by atoms with van der Waals surface area (Å²) in [6.45, 7) is 0. The maximum absolute atomic E-state index is 7.18. The molecule has 0 amide bonds. The van der Waals surface area contributed by atoms with Crippen LogP contribution >= 0.6 is 0 Å². The van der Waals surface area contributed by atoms with E-state index in [9.17, 15) is 0 Å². The summed E-state index contributed by atoms with van der Waals surface area (Å²) in [7, 11) is 0. The van der Waals surface area contributed by atoms with E-state index in [-0.39, 0.29) is 0 Å². The van der Waals surface area contributed by atoms with Crippen LogP contribution in [-0.2, 0) is 5.41 Å². The molecule has 304 valence electrons. The number of rotatable bonds is 6. The molecule has 11 aromatic rings. The highest BCUT2D eigenvalue weighted by Gasteiger charge is 2.52. The van der Waals surface area contributed by atoms with Crippen molar-refractivity contribution in [2.24, 2.45) is 0 Å². The van der Waals surface area contributed by atoms with Crippen molar-refractivity contribution < 1.29 is 4.74 Å². The molecule has 0 unspecified atom stereocenters. The van der Waals surface area contributed by atoms with E-state index in [1.165, 1.54) is 77.5 Å². The highest BCUT2D eigenvalue weighted by Crippen LogP contribution is 2.64. The summed E-state index contributed by atoms with van der Waals surface area (Å²) < 4.78 is 7.18. The maximum atomic E-state index is 7.18. The Bertz CT molecular complexity index is 3510. The standard InChI is InChI=1S/C63H41NO/c1-3-13-42(14-4-1)43-23-25-44(26-24-43)45-27-29-46(30-28-45)47-31-35-51(36-32-47)64(50-17-5-2-6-18-50)52-37-40-58-56(41-52)55-21-11-12-22-57(55)63(58)59-38-33-48-15-7-9-19-53(48)61(59)65-62-54-20-10-8-16-49(54)34-39-60(62)63/h1-41H. The molecule has 65 heavy (non-hydrogen) atoms. The molecule has 1 heterocycles. The van der Waals surface area contributed by atoms with Gasteiger partial charge in [0.25, 0.3) is 0 Å². The molecule has 0 aromatic heterocycles. The van der Waals surface area contributed by atoms with Crippen LogP contribution in [0.2, 0.25) is 0 Å². The van der Waals surface area contributed by atoms with Gasteiger partial charge >= 0.3 is 0 Å². The number of ether oxygens (including phenoxy) is 1. The number of fused-ring (bicyclic) bond motifs is 13. The Kier molecular flexibility index (Phi) is 8.47. The summed E-state index contributed by atoms with van der Waals surface area (Å²) in [6, 6.07) is 90.5. The predicted octanol–water partition coefficient (Wildman–Crippen LogP) is 16.9. The Morgan fingerprint density at radius 3 is 1.25 bits per heavy atom. The van der Waals surface area contributed by atoms with Gasteiger partial charge in [-0.1, -0.05) is 212 Å². The first-order valence-corrected chi connectivity index (χ1v) is 22.4. The summed E-state index contributed by atoms with van der Waals surface area (Å²) in [5.41, 5.74) is 17.3. The van der Waals surface area contributed by atoms with E-state index >= 15 is 0 Å². The number of hydrogen-bond acceptors (Lipinski definition) is 2. The number of hydrogen-bond donors (Lipinski definition) is 0. The van der Waals surface area contributed by atoms with E-state index < -0.39 is 5.41 Å². The van der Waals surface area contributed by atoms with Gasteiger partial charge in [0.1, 0.15) is 11.5 Å². The second-order valence-corrected chi connectivity index (χ2v) is 17.2. The van der Waals surface area contributed by atoms with Gasteiger partial charge in [0.05, 0.1) is 5.41 Å². The van der Waals surface area contributed by atoms with Gasteiger partial charge in [-0.2, -0.15) is 0 Å². The molecule has 0 atom stereocenters. The molecule has 0 N–H and O–H groups in total. The predicted molar refractivity (Wildman–Crippen MR) is 270 cm³/mol. The lowest BCUT2D eigenvalue weighted by Crippen LogP contribution is -2.32. The Labute approximate surface area is 378 Å². The second-order valence-electron chi connectivity index (χ2n) is 17.2. The van der Waals surface area contributed by atoms with Crippen molar-refractivity contribution in [2.45, 2.75) is 5.41 Å². The lowest BCUT2D eigenvalue weighted by Gasteiger charge is -2.40. The molecule has 1 spiro atoms. The van der Waals surface area contributed by atoms with E-state index in [4.69, 9.17) is 4.74 Å². The highest BCUT2D eigenvalue weighted by molar-refractivity contribution is 6.00. The summed E-state index contributed by atoms with van der Waals surface area (Å²) >= 11 is 0. The molecule has 1 aliphatic carbocycles. The van der Waals surface area contributed by atoms with Gasteiger partial charge in [0, 0.05) is 39.0 Å². The normalized spacial score (nSPS) is 12.9. The van der Waals surface area contributed by atoms with Crippen LogP contribution in [0.1, 0.15) is 22.3 Å². The third kappa shape index (κ3) is 5.81. The van der Waals surface area contributed by atoms with Gasteiger partial charge < -0.3 is 9.64 Å². The fraction of sp³-hybridized carbons (Fsp3) is 0.0159. The zero-order valence-corrected chi connectivity index (χ0v) is 35.5. The average Bonchev–Trinajstić information content (AvgIpc) is 3.67. The molecule has 0 fully saturated rings. The van der Waals surface area contributed by atoms with Crippen LogP contribution in [0.25, 0.3) is 66.1 Å². The summed E-state index contributed by atoms with van der Waals surface area (Å²) in [5, 5.41) is 4.57. The van der Waals surface area contributed by atoms with Crippen molar-refractivity contribution in [3.63, 3.8) is 0 Å². The van der Waals surface area contributed by atoms with Crippen LogP contribution < -0.4 is 9.64 Å². The average molecular weight is 828 g/mol. The largest absolute Gasteiger partial charge is 0.455 e. The molecular formula is C63H41NO. The molecule has 0 saturated carbocycles. The first-order chi connectivity index (χ1) is 32.2. The van der Waals surface area contributed by atoms with Gasteiger partial charge in [0.15, 0.2) is 0 Å². The molecule has 2 aliphatic rings. The molecule has 13 rings (SSSR count). The molecule has 0 saturated heterocycles. The lowest BCUT2D eigenvalue weighted by atomic mass is 9.65. The zero-order chi connectivity index (χ0) is 42.9. The summed E-state index contributed by atoms with van der Waals surface area (Å²) in [4.78, 5) is 2.38. The van der Waals surface area contributed by atoms with E-state index in [0.717, 1.165) is 39.3 Å². The molecule has 2 heteroatoms. The van der Waals surface area contributed by atoms with Gasteiger partial charge in [-0.25, -0.2) is 0 Å². The first-order valence-electron chi connectivity index (χ1n) is 22.4. The van der Waals surface area contributed by atoms with Crippen LogP contribution in [0.4, 0.5) is 17.1 Å². The highest BCUT2D eigenvalue weighted by atomic mass is 16.5. The number of nitrogens with zero attached hydrogens (tertiary/aromatic N) is 1. The van der Waals surface area contributed by atoms with Crippen molar-refractivity contribution in [1.29, 1.82) is 0 Å². The number of anilines is 3. The van der Waals surface area contributed by atoms with Crippen LogP contribution in [0.3, 0.4) is 0 Å². The summed E-state index contributed by atoms with van der Waals surface area (Å²) in [6.07, 6.45) is 0. The molecule has 1 aliphatic heterocycles. The van der Waals surface area contributed by atoms with E-state index in [0.29, 0.717) is 0 Å². The Balaban J connectivity index is 0.915. The fourth-order valence-corrected chi connectivity index (χ4v) is 10.7. The Morgan fingerprint density at radius 2 is 0.677 bits per heavy atom. The topological polar surface area (TPSA) is 12.5 Å². The van der Waals surface area contributed by atoms with Crippen LogP contribution in [0.5, 0.6) is 11.5 Å². The van der Waals surface area contributed by atoms with E-state index in [1.54, 1.807) is 0 Å². The fourth-order valence-electron chi connectivity index (χ4n) is 10.7. The summed E-state index contributed by atoms with van der Waals surface area (Å²) in [5.74, 6) is 1.86. The Morgan fingerprint density at radius 1 is 0.277 bits per heavy atom. The third-order valence-corrected chi connectivity index (χ3v) is 13.7. The number of para-hydroxylation sites is 1. The monoisotopic (exact) mass is 827 g/mol. The minimum absolute atomic E-state index is 0.595. The van der Waals surface area contributed by atoms with Gasteiger partial charge in [0.2, 0.25) is 0 Å². The van der Waals surface area contributed by atoms with Crippen molar-refractivity contribution >= 4 is 38.6 Å². The van der Waals surface area contributed by atoms with E-state index in [1.807, 2.05) is 0 Å². The number of benzene rings is 11. The van der Waals surface area contributed by atoms with Gasteiger partial charge in [-0.15, -0.1) is 0 Å². The molecule has 2 nitrogen and oxygen atoms in total. The minimum atomic E-state index is -0.595. The SMILES string of the molecule is c1ccc(-c2ccc(-c3ccc(-c4ccc(N(c5ccccc5)c5ccc6c(c5)-c5ccccc5C65c6ccc7ccccc7c6Oc6c5ccc5ccccc65)cc4)cc3)cc2)cc1. The van der Waals surface area contributed by atoms with Crippen LogP contribution in [0.15, 0.2) is 249 Å². The third-order valence-electron chi connectivity index (χ3n) is 13.7. The quantitative estimate of drug-likeness (QED) is 0.166. The molecular weight excluding hydrogens is 787 g/mol. The maximum Gasteiger partial charge on any atom is 0.140 e. The van der Waals surface area contributed by atoms with Crippen molar-refractivity contribution in [2.75, 3.05) is 4.90 Å². The van der Waals surface area contributed by atoms with Crippen LogP contribution in [-0.4, -0.2) is 0 Å². The van der Waals surface area contributed by atoms with Crippen molar-refractivity contribution in [3.8, 4) is 56.0 Å². The lowest BCUT2D eigenvalue weighted by molar-refractivity contribution is 0.447. The van der Waals surface area contributed by atoms with E-state index in [2.05, 4.69) is 254 Å². The molecule has 0 radical (unpaired) electrons.